The topological polar surface area (TPSA) is 53.9 Å². The number of carbonyl (C=O) groups is 1. The molecule has 0 radical (unpaired) electrons. The predicted octanol–water partition coefficient (Wildman–Crippen LogP) is 0.403. The molecule has 1 atom stereocenters. The summed E-state index contributed by atoms with van der Waals surface area (Å²) in [7, 11) is 0. The molecule has 0 bridgehead atoms. The lowest BCUT2D eigenvalue weighted by atomic mass is 10.1. The van der Waals surface area contributed by atoms with Gasteiger partial charge in [0.1, 0.15) is 0 Å². The van der Waals surface area contributed by atoms with Crippen LogP contribution in [0.1, 0.15) is 12.5 Å². The number of rotatable bonds is 4. The molecule has 0 unspecified atom stereocenters. The lowest BCUT2D eigenvalue weighted by molar-refractivity contribution is -0.407. The Bertz CT molecular complexity index is 285. The summed E-state index contributed by atoms with van der Waals surface area (Å²) in [6.07, 6.45) is 0.639. The van der Waals surface area contributed by atoms with E-state index >= 15 is 0 Å². The molecule has 0 aliphatic heterocycles. The first-order valence-corrected chi connectivity index (χ1v) is 4.77. The summed E-state index contributed by atoms with van der Waals surface area (Å²) in [5.41, 5.74) is 4.89. The molecule has 3 N–H and O–H groups in total. The first kappa shape index (κ1) is 10.7. The minimum absolute atomic E-state index is 0.226. The average Bonchev–Trinajstić information content (AvgIpc) is 2.19. The van der Waals surface area contributed by atoms with E-state index in [4.69, 9.17) is 4.74 Å². The van der Waals surface area contributed by atoms with Crippen molar-refractivity contribution in [3.63, 3.8) is 0 Å². The molecule has 0 saturated carbocycles. The third-order valence-corrected chi connectivity index (χ3v) is 1.94. The van der Waals surface area contributed by atoms with E-state index in [0.29, 0.717) is 13.0 Å². The van der Waals surface area contributed by atoms with Gasteiger partial charge in [-0.3, -0.25) is 0 Å². The van der Waals surface area contributed by atoms with E-state index in [1.165, 1.54) is 0 Å². The number of carbonyl (C=O) groups excluding carboxylic acids is 1. The van der Waals surface area contributed by atoms with Gasteiger partial charge in [0.15, 0.2) is 6.04 Å². The van der Waals surface area contributed by atoms with Gasteiger partial charge in [-0.2, -0.15) is 0 Å². The number of hydrogen-bond acceptors (Lipinski definition) is 2. The maximum atomic E-state index is 11.3. The van der Waals surface area contributed by atoms with E-state index in [2.05, 4.69) is 5.73 Å². The van der Waals surface area contributed by atoms with Gasteiger partial charge in [0, 0.05) is 6.42 Å². The number of hydrogen-bond donors (Lipinski definition) is 1. The summed E-state index contributed by atoms with van der Waals surface area (Å²) in [6.45, 7) is 2.22. The summed E-state index contributed by atoms with van der Waals surface area (Å²) >= 11 is 0. The molecule has 14 heavy (non-hydrogen) atoms. The highest BCUT2D eigenvalue weighted by Crippen LogP contribution is 2.01. The van der Waals surface area contributed by atoms with Crippen LogP contribution in [0.3, 0.4) is 0 Å². The van der Waals surface area contributed by atoms with Crippen LogP contribution in [0.5, 0.6) is 0 Å². The van der Waals surface area contributed by atoms with Gasteiger partial charge in [-0.05, 0) is 12.5 Å². The highest BCUT2D eigenvalue weighted by molar-refractivity contribution is 5.74. The van der Waals surface area contributed by atoms with Crippen LogP contribution in [0.25, 0.3) is 0 Å². The fourth-order valence-electron chi connectivity index (χ4n) is 1.24. The normalized spacial score (nSPS) is 12.1. The van der Waals surface area contributed by atoms with Gasteiger partial charge in [0.2, 0.25) is 0 Å². The van der Waals surface area contributed by atoms with Crippen LogP contribution in [-0.4, -0.2) is 18.6 Å². The molecule has 0 aliphatic rings. The van der Waals surface area contributed by atoms with Gasteiger partial charge in [0.25, 0.3) is 0 Å². The smallest absolute Gasteiger partial charge is 0.365 e. The van der Waals surface area contributed by atoms with Crippen molar-refractivity contribution in [2.45, 2.75) is 19.4 Å². The van der Waals surface area contributed by atoms with E-state index in [1.807, 2.05) is 30.3 Å². The average molecular weight is 194 g/mol. The van der Waals surface area contributed by atoms with Crippen LogP contribution in [-0.2, 0) is 16.0 Å². The summed E-state index contributed by atoms with van der Waals surface area (Å²) in [4.78, 5) is 11.3. The molecule has 1 aromatic carbocycles. The largest absolute Gasteiger partial charge is 0.462 e. The molecule has 0 amide bonds. The molecule has 0 saturated heterocycles. The second kappa shape index (κ2) is 5.40. The van der Waals surface area contributed by atoms with Crippen molar-refractivity contribution in [1.82, 2.24) is 0 Å². The number of esters is 1. The van der Waals surface area contributed by atoms with E-state index in [-0.39, 0.29) is 12.0 Å². The Balaban J connectivity index is 2.49. The van der Waals surface area contributed by atoms with Gasteiger partial charge >= 0.3 is 5.97 Å². The van der Waals surface area contributed by atoms with Gasteiger partial charge in [-0.15, -0.1) is 0 Å². The highest BCUT2D eigenvalue weighted by Gasteiger charge is 2.18. The van der Waals surface area contributed by atoms with Crippen molar-refractivity contribution in [3.8, 4) is 0 Å². The lowest BCUT2D eigenvalue weighted by Gasteiger charge is -2.07. The second-order valence-corrected chi connectivity index (χ2v) is 3.14. The molecule has 0 aliphatic carbocycles. The molecular formula is C11H16NO2+. The molecule has 0 aromatic heterocycles. The molecule has 0 spiro atoms. The van der Waals surface area contributed by atoms with Crippen molar-refractivity contribution >= 4 is 5.97 Å². The third-order valence-electron chi connectivity index (χ3n) is 1.94. The second-order valence-electron chi connectivity index (χ2n) is 3.14. The van der Waals surface area contributed by atoms with Crippen molar-refractivity contribution in [1.29, 1.82) is 0 Å². The van der Waals surface area contributed by atoms with Gasteiger partial charge in [-0.1, -0.05) is 30.3 Å². The highest BCUT2D eigenvalue weighted by atomic mass is 16.5. The van der Waals surface area contributed by atoms with Crippen molar-refractivity contribution in [2.24, 2.45) is 0 Å². The van der Waals surface area contributed by atoms with Crippen molar-refractivity contribution in [2.75, 3.05) is 6.61 Å². The van der Waals surface area contributed by atoms with Crippen LogP contribution in [0.2, 0.25) is 0 Å². The molecule has 1 rings (SSSR count). The summed E-state index contributed by atoms with van der Waals surface area (Å²) in [5.74, 6) is -0.226. The van der Waals surface area contributed by atoms with Gasteiger partial charge < -0.3 is 10.5 Å². The van der Waals surface area contributed by atoms with E-state index in [1.54, 1.807) is 6.92 Å². The van der Waals surface area contributed by atoms with Crippen molar-refractivity contribution in [3.05, 3.63) is 35.9 Å². The van der Waals surface area contributed by atoms with E-state index in [9.17, 15) is 4.79 Å². The maximum absolute atomic E-state index is 11.3. The molecule has 76 valence electrons. The zero-order chi connectivity index (χ0) is 10.4. The summed E-state index contributed by atoms with van der Waals surface area (Å²) < 4.78 is 4.87. The molecule has 0 heterocycles. The van der Waals surface area contributed by atoms with E-state index < -0.39 is 0 Å². The Morgan fingerprint density at radius 2 is 2.07 bits per heavy atom. The van der Waals surface area contributed by atoms with Gasteiger partial charge in [-0.25, -0.2) is 4.79 Å². The first-order valence-electron chi connectivity index (χ1n) is 4.77. The zero-order valence-corrected chi connectivity index (χ0v) is 8.40. The molecule has 1 aromatic rings. The summed E-state index contributed by atoms with van der Waals surface area (Å²) in [6, 6.07) is 9.51. The molecular weight excluding hydrogens is 178 g/mol. The van der Waals surface area contributed by atoms with Crippen LogP contribution in [0, 0.1) is 0 Å². The first-order chi connectivity index (χ1) is 6.74. The Morgan fingerprint density at radius 3 is 2.64 bits per heavy atom. The zero-order valence-electron chi connectivity index (χ0n) is 8.40. The standard InChI is InChI=1S/C11H15NO2/c1-2-14-11(13)10(12)8-9-6-4-3-5-7-9/h3-7,10H,2,8,12H2,1H3/p+1/t10-/m1/s1. The fraction of sp³-hybridized carbons (Fsp3) is 0.364. The van der Waals surface area contributed by atoms with Crippen LogP contribution in [0.4, 0.5) is 0 Å². The SMILES string of the molecule is CCOC(=O)[C@H]([NH3+])Cc1ccccc1. The Morgan fingerprint density at radius 1 is 1.43 bits per heavy atom. The van der Waals surface area contributed by atoms with Crippen LogP contribution in [0.15, 0.2) is 30.3 Å². The molecule has 0 fully saturated rings. The minimum Gasteiger partial charge on any atom is -0.462 e. The third kappa shape index (κ3) is 3.18. The minimum atomic E-state index is -0.308. The number of benzene rings is 1. The monoisotopic (exact) mass is 194 g/mol. The van der Waals surface area contributed by atoms with Crippen LogP contribution >= 0.6 is 0 Å². The lowest BCUT2D eigenvalue weighted by Crippen LogP contribution is -2.66. The van der Waals surface area contributed by atoms with Crippen LogP contribution < -0.4 is 5.73 Å². The molecule has 3 heteroatoms. The molecule has 3 nitrogen and oxygen atoms in total. The Labute approximate surface area is 83.9 Å². The van der Waals surface area contributed by atoms with Gasteiger partial charge in [0.05, 0.1) is 6.61 Å². The summed E-state index contributed by atoms with van der Waals surface area (Å²) in [5, 5.41) is 0. The Kier molecular flexibility index (Phi) is 4.13. The fourth-order valence-corrected chi connectivity index (χ4v) is 1.24. The van der Waals surface area contributed by atoms with Crippen molar-refractivity contribution < 1.29 is 15.3 Å². The number of ether oxygens (including phenoxy) is 1. The maximum Gasteiger partial charge on any atom is 0.365 e. The van der Waals surface area contributed by atoms with E-state index in [0.717, 1.165) is 5.56 Å². The Hall–Kier alpha value is -1.35. The quantitative estimate of drug-likeness (QED) is 0.705. The predicted molar refractivity (Wildman–Crippen MR) is 53.5 cm³/mol. The number of quaternary nitrogens is 1.